The maximum absolute atomic E-state index is 12.5. The van der Waals surface area contributed by atoms with Gasteiger partial charge in [0.15, 0.2) is 0 Å². The summed E-state index contributed by atoms with van der Waals surface area (Å²) in [6.07, 6.45) is 5.28. The summed E-state index contributed by atoms with van der Waals surface area (Å²) in [7, 11) is 0. The van der Waals surface area contributed by atoms with Crippen molar-refractivity contribution in [3.05, 3.63) is 41.9 Å². The lowest BCUT2D eigenvalue weighted by Crippen LogP contribution is -2.40. The van der Waals surface area contributed by atoms with E-state index in [2.05, 4.69) is 36.2 Å². The van der Waals surface area contributed by atoms with Gasteiger partial charge in [0.05, 0.1) is 6.54 Å². The van der Waals surface area contributed by atoms with E-state index in [1.807, 2.05) is 24.4 Å². The van der Waals surface area contributed by atoms with Crippen LogP contribution < -0.4 is 26.6 Å². The van der Waals surface area contributed by atoms with Crippen LogP contribution in [0.25, 0.3) is 0 Å². The Hall–Kier alpha value is -3.96. The Bertz CT molecular complexity index is 894. The van der Waals surface area contributed by atoms with Gasteiger partial charge in [-0.15, -0.1) is 0 Å². The molecule has 2 heterocycles. The van der Waals surface area contributed by atoms with Gasteiger partial charge >= 0.3 is 6.09 Å². The fourth-order valence-corrected chi connectivity index (χ4v) is 2.57. The Balaban J connectivity index is 1.87. The molecule has 0 atom stereocenters. The van der Waals surface area contributed by atoms with Crippen molar-refractivity contribution < 1.29 is 19.5 Å². The van der Waals surface area contributed by atoms with E-state index in [0.29, 0.717) is 24.9 Å². The van der Waals surface area contributed by atoms with Crippen LogP contribution in [0, 0.1) is 0 Å². The van der Waals surface area contributed by atoms with Crippen LogP contribution in [0.5, 0.6) is 0 Å². The van der Waals surface area contributed by atoms with Crippen molar-refractivity contribution in [2.45, 2.75) is 19.8 Å². The molecule has 2 rings (SSSR count). The lowest BCUT2D eigenvalue weighted by molar-refractivity contribution is -0.120. The smallest absolute Gasteiger partial charge is 0.405 e. The molecule has 12 nitrogen and oxygen atoms in total. The summed E-state index contributed by atoms with van der Waals surface area (Å²) >= 11 is 0. The van der Waals surface area contributed by atoms with Gasteiger partial charge in [-0.25, -0.2) is 9.78 Å². The zero-order chi connectivity index (χ0) is 23.2. The number of pyridine rings is 1. The topological polar surface area (TPSA) is 170 Å². The predicted octanol–water partition coefficient (Wildman–Crippen LogP) is 0.462. The van der Waals surface area contributed by atoms with Gasteiger partial charge in [0.25, 0.3) is 5.91 Å². The molecule has 0 radical (unpaired) electrons. The summed E-state index contributed by atoms with van der Waals surface area (Å²) in [6.45, 7) is 3.23. The quantitative estimate of drug-likeness (QED) is 0.240. The van der Waals surface area contributed by atoms with E-state index in [0.717, 1.165) is 18.4 Å². The molecule has 2 aromatic heterocycles. The van der Waals surface area contributed by atoms with Crippen LogP contribution in [0.3, 0.4) is 0 Å². The molecule has 0 spiro atoms. The summed E-state index contributed by atoms with van der Waals surface area (Å²) in [4.78, 5) is 47.0. The third-order valence-corrected chi connectivity index (χ3v) is 4.15. The van der Waals surface area contributed by atoms with Crippen molar-refractivity contribution in [2.24, 2.45) is 0 Å². The van der Waals surface area contributed by atoms with Gasteiger partial charge in [-0.2, -0.15) is 4.98 Å². The highest BCUT2D eigenvalue weighted by molar-refractivity contribution is 5.98. The van der Waals surface area contributed by atoms with Crippen LogP contribution in [0.15, 0.2) is 30.7 Å². The first-order chi connectivity index (χ1) is 15.5. The average molecular weight is 444 g/mol. The van der Waals surface area contributed by atoms with E-state index >= 15 is 0 Å². The Kier molecular flexibility index (Phi) is 10.2. The molecule has 2 aromatic rings. The summed E-state index contributed by atoms with van der Waals surface area (Å²) in [5.74, 6) is -0.0461. The van der Waals surface area contributed by atoms with Crippen LogP contribution in [-0.4, -0.2) is 70.7 Å². The second kappa shape index (κ2) is 13.4. The highest BCUT2D eigenvalue weighted by atomic mass is 16.4. The third kappa shape index (κ3) is 8.81. The number of hydrogen-bond donors (Lipinski definition) is 6. The van der Waals surface area contributed by atoms with Crippen LogP contribution in [-0.2, 0) is 11.2 Å². The molecule has 0 fully saturated rings. The maximum atomic E-state index is 12.5. The van der Waals surface area contributed by atoms with Gasteiger partial charge in [0.1, 0.15) is 11.4 Å². The number of carbonyl (C=O) groups excluding carboxylic acids is 2. The van der Waals surface area contributed by atoms with Crippen molar-refractivity contribution in [1.82, 2.24) is 30.9 Å². The number of carboxylic acid groups (broad SMARTS) is 1. The first-order valence-electron chi connectivity index (χ1n) is 10.2. The summed E-state index contributed by atoms with van der Waals surface area (Å²) in [6, 6.07) is 3.88. The number of amides is 3. The highest BCUT2D eigenvalue weighted by Gasteiger charge is 2.14. The molecule has 0 saturated heterocycles. The molecule has 32 heavy (non-hydrogen) atoms. The standard InChI is InChI=1S/C20H28N8O4/c1-2-6-23-17-15(18(30)24-11-10-22-16(29)13-27-20(31)32)12-26-19(28-17)25-9-5-14-3-7-21-8-4-14/h3-4,7-8,12,27H,2,5-6,9-11,13H2,1H3,(H,22,29)(H,24,30)(H,31,32)(H2,23,25,26,28). The van der Waals surface area contributed by atoms with E-state index in [9.17, 15) is 14.4 Å². The largest absolute Gasteiger partial charge is 0.465 e. The molecule has 6 N–H and O–H groups in total. The van der Waals surface area contributed by atoms with E-state index in [4.69, 9.17) is 5.11 Å². The number of nitrogens with zero attached hydrogens (tertiary/aromatic N) is 3. The van der Waals surface area contributed by atoms with Crippen molar-refractivity contribution in [2.75, 3.05) is 43.4 Å². The molecule has 0 aliphatic carbocycles. The van der Waals surface area contributed by atoms with E-state index in [1.165, 1.54) is 6.20 Å². The second-order valence-corrected chi connectivity index (χ2v) is 6.68. The van der Waals surface area contributed by atoms with Crippen molar-refractivity contribution in [3.63, 3.8) is 0 Å². The Morgan fingerprint density at radius 2 is 1.72 bits per heavy atom. The number of carbonyl (C=O) groups is 3. The molecular weight excluding hydrogens is 416 g/mol. The number of hydrogen-bond acceptors (Lipinski definition) is 8. The Morgan fingerprint density at radius 1 is 0.969 bits per heavy atom. The van der Waals surface area contributed by atoms with Gasteiger partial charge in [-0.1, -0.05) is 6.92 Å². The lowest BCUT2D eigenvalue weighted by atomic mass is 10.2. The molecule has 0 aromatic carbocycles. The molecule has 0 saturated carbocycles. The molecule has 0 bridgehead atoms. The maximum Gasteiger partial charge on any atom is 0.405 e. The number of aromatic nitrogens is 3. The molecular formula is C20H28N8O4. The molecule has 0 aliphatic rings. The average Bonchev–Trinajstić information content (AvgIpc) is 2.79. The number of rotatable bonds is 13. The second-order valence-electron chi connectivity index (χ2n) is 6.68. The van der Waals surface area contributed by atoms with Crippen molar-refractivity contribution in [3.8, 4) is 0 Å². The zero-order valence-corrected chi connectivity index (χ0v) is 17.9. The SMILES string of the molecule is CCCNc1nc(NCCc2ccncc2)ncc1C(=O)NCCNC(=O)CNC(=O)O. The first-order valence-corrected chi connectivity index (χ1v) is 10.2. The monoisotopic (exact) mass is 444 g/mol. The van der Waals surface area contributed by atoms with E-state index < -0.39 is 12.0 Å². The minimum atomic E-state index is -1.28. The minimum Gasteiger partial charge on any atom is -0.465 e. The van der Waals surface area contributed by atoms with E-state index in [1.54, 1.807) is 12.4 Å². The predicted molar refractivity (Wildman–Crippen MR) is 119 cm³/mol. The summed E-state index contributed by atoms with van der Waals surface area (Å²) < 4.78 is 0. The number of nitrogens with one attached hydrogen (secondary N) is 5. The third-order valence-electron chi connectivity index (χ3n) is 4.15. The first kappa shape index (κ1) is 24.3. The minimum absolute atomic E-state index is 0.152. The lowest BCUT2D eigenvalue weighted by Gasteiger charge is -2.13. The van der Waals surface area contributed by atoms with Gasteiger partial charge in [-0.3, -0.25) is 14.6 Å². The summed E-state index contributed by atoms with van der Waals surface area (Å²) in [5.41, 5.74) is 1.43. The van der Waals surface area contributed by atoms with Crippen LogP contribution in [0.2, 0.25) is 0 Å². The van der Waals surface area contributed by atoms with Crippen LogP contribution in [0.4, 0.5) is 16.6 Å². The van der Waals surface area contributed by atoms with E-state index in [-0.39, 0.29) is 31.1 Å². The van der Waals surface area contributed by atoms with Crippen molar-refractivity contribution >= 4 is 29.7 Å². The molecule has 3 amide bonds. The van der Waals surface area contributed by atoms with Gasteiger partial charge in [0.2, 0.25) is 11.9 Å². The van der Waals surface area contributed by atoms with Gasteiger partial charge in [0, 0.05) is 44.8 Å². The molecule has 0 aliphatic heterocycles. The van der Waals surface area contributed by atoms with Gasteiger partial charge < -0.3 is 31.7 Å². The number of anilines is 2. The molecule has 0 unspecified atom stereocenters. The van der Waals surface area contributed by atoms with Crippen LogP contribution in [0.1, 0.15) is 29.3 Å². The summed E-state index contributed by atoms with van der Waals surface area (Å²) in [5, 5.41) is 21.9. The fraction of sp³-hybridized carbons (Fsp3) is 0.400. The van der Waals surface area contributed by atoms with Crippen molar-refractivity contribution in [1.29, 1.82) is 0 Å². The molecule has 12 heteroatoms. The Labute approximate surface area is 185 Å². The zero-order valence-electron chi connectivity index (χ0n) is 17.9. The Morgan fingerprint density at radius 3 is 2.44 bits per heavy atom. The fourth-order valence-electron chi connectivity index (χ4n) is 2.57. The normalized spacial score (nSPS) is 10.2. The highest BCUT2D eigenvalue weighted by Crippen LogP contribution is 2.14. The van der Waals surface area contributed by atoms with Crippen LogP contribution >= 0.6 is 0 Å². The van der Waals surface area contributed by atoms with Gasteiger partial charge in [-0.05, 0) is 30.5 Å². The molecule has 172 valence electrons.